The summed E-state index contributed by atoms with van der Waals surface area (Å²) in [6, 6.07) is 12.9. The zero-order valence-electron chi connectivity index (χ0n) is 14.4. The largest absolute Gasteiger partial charge is 0.374 e. The Hall–Kier alpha value is -1.75. The summed E-state index contributed by atoms with van der Waals surface area (Å²) in [6.07, 6.45) is 7.50. The third kappa shape index (κ3) is 6.35. The van der Waals surface area contributed by atoms with Crippen LogP contribution < -0.4 is 0 Å². The van der Waals surface area contributed by atoms with Gasteiger partial charge in [-0.2, -0.15) is 5.26 Å². The van der Waals surface area contributed by atoms with Gasteiger partial charge in [-0.05, 0) is 30.7 Å². The third-order valence-electron chi connectivity index (χ3n) is 4.03. The van der Waals surface area contributed by atoms with Crippen molar-refractivity contribution in [2.75, 3.05) is 13.1 Å². The molecule has 1 atom stereocenters. The van der Waals surface area contributed by atoms with Crippen LogP contribution in [-0.2, 0) is 0 Å². The summed E-state index contributed by atoms with van der Waals surface area (Å²) in [5, 5.41) is 9.11. The van der Waals surface area contributed by atoms with E-state index in [4.69, 9.17) is 5.26 Å². The molecule has 0 aromatic heterocycles. The van der Waals surface area contributed by atoms with Gasteiger partial charge in [0.15, 0.2) is 0 Å². The van der Waals surface area contributed by atoms with Crippen LogP contribution in [0.2, 0.25) is 0 Å². The van der Waals surface area contributed by atoms with Crippen molar-refractivity contribution in [1.82, 2.24) is 4.90 Å². The van der Waals surface area contributed by atoms with Crippen molar-refractivity contribution in [3.63, 3.8) is 0 Å². The lowest BCUT2D eigenvalue weighted by Crippen LogP contribution is -2.28. The molecule has 0 fully saturated rings. The molecule has 0 spiro atoms. The second-order valence-electron chi connectivity index (χ2n) is 5.98. The molecular weight excluding hydrogens is 268 g/mol. The highest BCUT2D eigenvalue weighted by Gasteiger charge is 2.14. The SMILES string of the molecule is CCCCC/C(=C/C#N)N(CCC)CC(C)c1ccccc1. The molecule has 0 aliphatic heterocycles. The van der Waals surface area contributed by atoms with E-state index in [2.05, 4.69) is 62.1 Å². The first kappa shape index (κ1) is 18.3. The third-order valence-corrected chi connectivity index (χ3v) is 4.03. The van der Waals surface area contributed by atoms with Gasteiger partial charge in [0, 0.05) is 24.9 Å². The Labute approximate surface area is 136 Å². The van der Waals surface area contributed by atoms with Crippen molar-refractivity contribution in [3.05, 3.63) is 47.7 Å². The molecular formula is C20H30N2. The van der Waals surface area contributed by atoms with Gasteiger partial charge in [-0.25, -0.2) is 0 Å². The fourth-order valence-corrected chi connectivity index (χ4v) is 2.79. The van der Waals surface area contributed by atoms with E-state index in [1.54, 1.807) is 6.08 Å². The van der Waals surface area contributed by atoms with Gasteiger partial charge in [-0.15, -0.1) is 0 Å². The van der Waals surface area contributed by atoms with E-state index in [0.29, 0.717) is 5.92 Å². The number of allylic oxidation sites excluding steroid dienone is 2. The van der Waals surface area contributed by atoms with Crippen molar-refractivity contribution in [2.24, 2.45) is 0 Å². The van der Waals surface area contributed by atoms with E-state index in [1.807, 2.05) is 0 Å². The van der Waals surface area contributed by atoms with Gasteiger partial charge in [-0.1, -0.05) is 63.9 Å². The molecule has 0 saturated carbocycles. The van der Waals surface area contributed by atoms with E-state index in [9.17, 15) is 0 Å². The summed E-state index contributed by atoms with van der Waals surface area (Å²) in [5.74, 6) is 0.473. The number of benzene rings is 1. The molecule has 1 aromatic carbocycles. The summed E-state index contributed by atoms with van der Waals surface area (Å²) >= 11 is 0. The normalized spacial score (nSPS) is 12.7. The van der Waals surface area contributed by atoms with Crippen molar-refractivity contribution in [1.29, 1.82) is 5.26 Å². The van der Waals surface area contributed by atoms with Crippen molar-refractivity contribution in [2.45, 2.75) is 58.8 Å². The summed E-state index contributed by atoms with van der Waals surface area (Å²) in [5.41, 5.74) is 2.58. The van der Waals surface area contributed by atoms with Crippen LogP contribution in [0.4, 0.5) is 0 Å². The van der Waals surface area contributed by atoms with Gasteiger partial charge in [0.05, 0.1) is 6.07 Å². The molecule has 1 rings (SSSR count). The molecule has 0 amide bonds. The minimum absolute atomic E-state index is 0.473. The maximum Gasteiger partial charge on any atom is 0.0930 e. The molecule has 0 aliphatic carbocycles. The standard InChI is InChI=1S/C20H30N2/c1-4-6-8-13-20(14-15-21)22(16-5-2)17-18(3)19-11-9-7-10-12-19/h7,9-12,14,18H,4-6,8,13,16-17H2,1-3H3/b20-14-. The maximum atomic E-state index is 9.11. The fraction of sp³-hybridized carbons (Fsp3) is 0.550. The number of rotatable bonds is 10. The van der Waals surface area contributed by atoms with E-state index in [0.717, 1.165) is 25.9 Å². The zero-order valence-corrected chi connectivity index (χ0v) is 14.4. The second-order valence-corrected chi connectivity index (χ2v) is 5.98. The number of nitrogens with zero attached hydrogens (tertiary/aromatic N) is 2. The molecule has 0 heterocycles. The molecule has 120 valence electrons. The number of unbranched alkanes of at least 4 members (excludes halogenated alkanes) is 2. The molecule has 0 aliphatic rings. The highest BCUT2D eigenvalue weighted by atomic mass is 15.1. The lowest BCUT2D eigenvalue weighted by Gasteiger charge is -2.30. The predicted molar refractivity (Wildman–Crippen MR) is 94.6 cm³/mol. The van der Waals surface area contributed by atoms with E-state index >= 15 is 0 Å². The minimum Gasteiger partial charge on any atom is -0.374 e. The van der Waals surface area contributed by atoms with Crippen LogP contribution in [0.15, 0.2) is 42.1 Å². The quantitative estimate of drug-likeness (QED) is 0.422. The molecule has 0 bridgehead atoms. The predicted octanol–water partition coefficient (Wildman–Crippen LogP) is 5.49. The van der Waals surface area contributed by atoms with Crippen LogP contribution in [0.3, 0.4) is 0 Å². The highest BCUT2D eigenvalue weighted by molar-refractivity contribution is 5.20. The van der Waals surface area contributed by atoms with Gasteiger partial charge in [0.2, 0.25) is 0 Å². The number of nitriles is 1. The topological polar surface area (TPSA) is 27.0 Å². The van der Waals surface area contributed by atoms with Crippen LogP contribution in [0.5, 0.6) is 0 Å². The molecule has 2 heteroatoms. The second kappa shape index (κ2) is 10.9. The Bertz CT molecular complexity index is 470. The first-order chi connectivity index (χ1) is 10.7. The van der Waals surface area contributed by atoms with E-state index < -0.39 is 0 Å². The smallest absolute Gasteiger partial charge is 0.0930 e. The molecule has 0 saturated heterocycles. The first-order valence-corrected chi connectivity index (χ1v) is 8.61. The monoisotopic (exact) mass is 298 g/mol. The number of hydrogen-bond donors (Lipinski definition) is 0. The zero-order chi connectivity index (χ0) is 16.2. The van der Waals surface area contributed by atoms with Crippen molar-refractivity contribution < 1.29 is 0 Å². The molecule has 0 radical (unpaired) electrons. The fourth-order valence-electron chi connectivity index (χ4n) is 2.79. The van der Waals surface area contributed by atoms with Gasteiger partial charge in [0.1, 0.15) is 0 Å². The average molecular weight is 298 g/mol. The lowest BCUT2D eigenvalue weighted by atomic mass is 10.00. The number of hydrogen-bond acceptors (Lipinski definition) is 2. The van der Waals surface area contributed by atoms with E-state index in [1.165, 1.54) is 30.5 Å². The Balaban J connectivity index is 2.76. The molecule has 1 aromatic rings. The van der Waals surface area contributed by atoms with Gasteiger partial charge >= 0.3 is 0 Å². The van der Waals surface area contributed by atoms with E-state index in [-0.39, 0.29) is 0 Å². The Kier molecular flexibility index (Phi) is 9.07. The maximum absolute atomic E-state index is 9.11. The Morgan fingerprint density at radius 2 is 1.91 bits per heavy atom. The van der Waals surface area contributed by atoms with Crippen LogP contribution >= 0.6 is 0 Å². The summed E-state index contributed by atoms with van der Waals surface area (Å²) in [6.45, 7) is 8.70. The van der Waals surface area contributed by atoms with Crippen LogP contribution in [0, 0.1) is 11.3 Å². The van der Waals surface area contributed by atoms with Crippen molar-refractivity contribution in [3.8, 4) is 6.07 Å². The minimum atomic E-state index is 0.473. The Morgan fingerprint density at radius 1 is 1.18 bits per heavy atom. The molecule has 0 N–H and O–H groups in total. The summed E-state index contributed by atoms with van der Waals surface area (Å²) in [4.78, 5) is 2.41. The molecule has 2 nitrogen and oxygen atoms in total. The summed E-state index contributed by atoms with van der Waals surface area (Å²) < 4.78 is 0. The first-order valence-electron chi connectivity index (χ1n) is 8.61. The van der Waals surface area contributed by atoms with Crippen LogP contribution in [-0.4, -0.2) is 18.0 Å². The molecule has 22 heavy (non-hydrogen) atoms. The van der Waals surface area contributed by atoms with Gasteiger partial charge < -0.3 is 4.90 Å². The van der Waals surface area contributed by atoms with Gasteiger partial charge in [0.25, 0.3) is 0 Å². The Morgan fingerprint density at radius 3 is 2.50 bits per heavy atom. The van der Waals surface area contributed by atoms with Crippen LogP contribution in [0.1, 0.15) is 64.4 Å². The van der Waals surface area contributed by atoms with Crippen molar-refractivity contribution >= 4 is 0 Å². The lowest BCUT2D eigenvalue weighted by molar-refractivity contribution is 0.313. The summed E-state index contributed by atoms with van der Waals surface area (Å²) in [7, 11) is 0. The van der Waals surface area contributed by atoms with Crippen LogP contribution in [0.25, 0.3) is 0 Å². The molecule has 1 unspecified atom stereocenters. The van der Waals surface area contributed by atoms with Gasteiger partial charge in [-0.3, -0.25) is 0 Å². The highest BCUT2D eigenvalue weighted by Crippen LogP contribution is 2.21. The average Bonchev–Trinajstić information content (AvgIpc) is 2.54.